The molecule has 19 heavy (non-hydrogen) atoms. The lowest BCUT2D eigenvalue weighted by atomic mass is 9.82. The Bertz CT molecular complexity index is 422. The van der Waals surface area contributed by atoms with Crippen molar-refractivity contribution < 1.29 is 9.90 Å². The van der Waals surface area contributed by atoms with Crippen LogP contribution >= 0.6 is 0 Å². The molecule has 0 aliphatic carbocycles. The van der Waals surface area contributed by atoms with Gasteiger partial charge in [-0.3, -0.25) is 4.79 Å². The molecule has 1 unspecified atom stereocenters. The first-order valence-electron chi connectivity index (χ1n) is 6.87. The van der Waals surface area contributed by atoms with Gasteiger partial charge in [-0.25, -0.2) is 0 Å². The average Bonchev–Trinajstić information content (AvgIpc) is 2.42. The Kier molecular flexibility index (Phi) is 4.43. The molecule has 0 aromatic heterocycles. The van der Waals surface area contributed by atoms with Crippen molar-refractivity contribution >= 4 is 5.91 Å². The molecule has 3 N–H and O–H groups in total. The molecule has 0 spiro atoms. The number of hydrogen-bond acceptors (Lipinski definition) is 3. The number of rotatable bonds is 4. The van der Waals surface area contributed by atoms with Crippen LogP contribution in [0.4, 0.5) is 0 Å². The average molecular weight is 262 g/mol. The van der Waals surface area contributed by atoms with Crippen molar-refractivity contribution in [1.82, 2.24) is 10.6 Å². The Hall–Kier alpha value is -1.55. The number of piperidine rings is 1. The predicted octanol–water partition coefficient (Wildman–Crippen LogP) is 1.44. The van der Waals surface area contributed by atoms with E-state index in [9.17, 15) is 9.90 Å². The molecular weight excluding hydrogens is 240 g/mol. The highest BCUT2D eigenvalue weighted by molar-refractivity contribution is 5.82. The molecule has 2 rings (SSSR count). The van der Waals surface area contributed by atoms with Crippen LogP contribution < -0.4 is 10.6 Å². The van der Waals surface area contributed by atoms with Crippen molar-refractivity contribution in [3.8, 4) is 5.75 Å². The number of nitrogens with one attached hydrogen (secondary N) is 2. The van der Waals surface area contributed by atoms with E-state index in [-0.39, 0.29) is 17.1 Å². The van der Waals surface area contributed by atoms with E-state index >= 15 is 0 Å². The molecule has 0 saturated carbocycles. The highest BCUT2D eigenvalue weighted by Gasteiger charge is 2.34. The van der Waals surface area contributed by atoms with Crippen molar-refractivity contribution in [3.05, 3.63) is 29.8 Å². The number of hydrogen-bond donors (Lipinski definition) is 3. The number of carbonyl (C=O) groups excluding carboxylic acids is 1. The predicted molar refractivity (Wildman–Crippen MR) is 75.0 cm³/mol. The number of phenolic OH excluding ortho intramolecular Hbond substituents is 1. The first kappa shape index (κ1) is 13.9. The number of phenols is 1. The summed E-state index contributed by atoms with van der Waals surface area (Å²) in [7, 11) is 0. The van der Waals surface area contributed by atoms with Crippen LogP contribution in [0.3, 0.4) is 0 Å². The lowest BCUT2D eigenvalue weighted by molar-refractivity contribution is -0.131. The van der Waals surface area contributed by atoms with Crippen LogP contribution in [0, 0.1) is 5.41 Å². The molecule has 1 aliphatic heterocycles. The van der Waals surface area contributed by atoms with Gasteiger partial charge in [0, 0.05) is 13.1 Å². The molecule has 1 saturated heterocycles. The van der Waals surface area contributed by atoms with Crippen molar-refractivity contribution in [2.45, 2.75) is 26.2 Å². The van der Waals surface area contributed by atoms with Crippen molar-refractivity contribution in [2.75, 3.05) is 19.6 Å². The fourth-order valence-electron chi connectivity index (χ4n) is 2.45. The summed E-state index contributed by atoms with van der Waals surface area (Å²) < 4.78 is 0. The Morgan fingerprint density at radius 2 is 2.16 bits per heavy atom. The second-order valence-electron chi connectivity index (χ2n) is 5.51. The zero-order valence-electron chi connectivity index (χ0n) is 11.4. The minimum absolute atomic E-state index is 0.137. The molecule has 104 valence electrons. The molecule has 4 heteroatoms. The number of benzene rings is 1. The molecule has 1 aromatic rings. The summed E-state index contributed by atoms with van der Waals surface area (Å²) in [5, 5.41) is 15.5. The summed E-state index contributed by atoms with van der Waals surface area (Å²) in [4.78, 5) is 12.2. The minimum atomic E-state index is -0.271. The van der Waals surface area contributed by atoms with Gasteiger partial charge in [-0.2, -0.15) is 0 Å². The van der Waals surface area contributed by atoms with Gasteiger partial charge in [0.2, 0.25) is 5.91 Å². The molecule has 1 heterocycles. The summed E-state index contributed by atoms with van der Waals surface area (Å²) in [6.07, 6.45) is 2.79. The molecular formula is C15H22N2O2. The third kappa shape index (κ3) is 3.70. The summed E-state index contributed by atoms with van der Waals surface area (Å²) in [6.45, 7) is 4.43. The van der Waals surface area contributed by atoms with Gasteiger partial charge in [-0.15, -0.1) is 0 Å². The van der Waals surface area contributed by atoms with Crippen LogP contribution in [0.2, 0.25) is 0 Å². The number of amides is 1. The van der Waals surface area contributed by atoms with Crippen LogP contribution in [-0.2, 0) is 11.2 Å². The zero-order chi connectivity index (χ0) is 13.7. The van der Waals surface area contributed by atoms with E-state index in [1.54, 1.807) is 12.1 Å². The van der Waals surface area contributed by atoms with Gasteiger partial charge < -0.3 is 15.7 Å². The van der Waals surface area contributed by atoms with Crippen LogP contribution in [0.1, 0.15) is 25.3 Å². The topological polar surface area (TPSA) is 61.4 Å². The van der Waals surface area contributed by atoms with E-state index in [1.807, 2.05) is 19.1 Å². The van der Waals surface area contributed by atoms with E-state index < -0.39 is 0 Å². The fraction of sp³-hybridized carbons (Fsp3) is 0.533. The first-order valence-corrected chi connectivity index (χ1v) is 6.87. The number of carbonyl (C=O) groups is 1. The quantitative estimate of drug-likeness (QED) is 0.769. The Morgan fingerprint density at radius 3 is 2.79 bits per heavy atom. The maximum atomic E-state index is 12.2. The normalized spacial score (nSPS) is 23.0. The standard InChI is InChI=1S/C15H22N2O2/c1-15(8-2-9-16-11-15)14(19)17-10-7-12-3-5-13(18)6-4-12/h3-6,16,18H,2,7-11H2,1H3,(H,17,19). The van der Waals surface area contributed by atoms with Crippen molar-refractivity contribution in [3.63, 3.8) is 0 Å². The zero-order valence-corrected chi connectivity index (χ0v) is 11.4. The Balaban J connectivity index is 1.78. The van der Waals surface area contributed by atoms with Gasteiger partial charge in [0.15, 0.2) is 0 Å². The maximum absolute atomic E-state index is 12.2. The number of aromatic hydroxyl groups is 1. The summed E-state index contributed by atoms with van der Waals surface area (Å²) in [5.74, 6) is 0.409. The SMILES string of the molecule is CC1(C(=O)NCCc2ccc(O)cc2)CCCNC1. The van der Waals surface area contributed by atoms with Crippen LogP contribution in [0.15, 0.2) is 24.3 Å². The van der Waals surface area contributed by atoms with Gasteiger partial charge in [-0.05, 0) is 50.4 Å². The molecule has 1 aliphatic rings. The van der Waals surface area contributed by atoms with Gasteiger partial charge in [0.05, 0.1) is 5.41 Å². The monoisotopic (exact) mass is 262 g/mol. The third-order valence-corrected chi connectivity index (χ3v) is 3.78. The summed E-state index contributed by atoms with van der Waals surface area (Å²) in [5.41, 5.74) is 0.845. The molecule has 1 amide bonds. The Morgan fingerprint density at radius 1 is 1.42 bits per heavy atom. The third-order valence-electron chi connectivity index (χ3n) is 3.78. The van der Waals surface area contributed by atoms with Gasteiger partial charge in [0.25, 0.3) is 0 Å². The van der Waals surface area contributed by atoms with E-state index in [4.69, 9.17) is 0 Å². The lowest BCUT2D eigenvalue weighted by Gasteiger charge is -2.32. The van der Waals surface area contributed by atoms with E-state index in [0.717, 1.165) is 37.9 Å². The van der Waals surface area contributed by atoms with E-state index in [0.29, 0.717) is 6.54 Å². The molecule has 1 aromatic carbocycles. The van der Waals surface area contributed by atoms with Crippen molar-refractivity contribution in [2.24, 2.45) is 5.41 Å². The molecule has 1 fully saturated rings. The summed E-state index contributed by atoms with van der Waals surface area (Å²) in [6, 6.07) is 7.10. The second-order valence-corrected chi connectivity index (χ2v) is 5.51. The highest BCUT2D eigenvalue weighted by Crippen LogP contribution is 2.25. The van der Waals surface area contributed by atoms with Crippen molar-refractivity contribution in [1.29, 1.82) is 0 Å². The van der Waals surface area contributed by atoms with E-state index in [1.165, 1.54) is 0 Å². The fourth-order valence-corrected chi connectivity index (χ4v) is 2.45. The second kappa shape index (κ2) is 6.06. The maximum Gasteiger partial charge on any atom is 0.227 e. The smallest absolute Gasteiger partial charge is 0.227 e. The van der Waals surface area contributed by atoms with Gasteiger partial charge in [0.1, 0.15) is 5.75 Å². The van der Waals surface area contributed by atoms with E-state index in [2.05, 4.69) is 10.6 Å². The molecule has 0 bridgehead atoms. The summed E-state index contributed by atoms with van der Waals surface area (Å²) >= 11 is 0. The molecule has 4 nitrogen and oxygen atoms in total. The largest absolute Gasteiger partial charge is 0.508 e. The minimum Gasteiger partial charge on any atom is -0.508 e. The van der Waals surface area contributed by atoms with Crippen LogP contribution in [0.25, 0.3) is 0 Å². The van der Waals surface area contributed by atoms with Crippen LogP contribution in [-0.4, -0.2) is 30.6 Å². The molecule has 1 atom stereocenters. The van der Waals surface area contributed by atoms with Crippen LogP contribution in [0.5, 0.6) is 5.75 Å². The lowest BCUT2D eigenvalue weighted by Crippen LogP contribution is -2.49. The molecule has 0 radical (unpaired) electrons. The Labute approximate surface area is 114 Å². The van der Waals surface area contributed by atoms with Gasteiger partial charge >= 0.3 is 0 Å². The first-order chi connectivity index (χ1) is 9.10. The van der Waals surface area contributed by atoms with Gasteiger partial charge in [-0.1, -0.05) is 12.1 Å². The highest BCUT2D eigenvalue weighted by atomic mass is 16.3.